The van der Waals surface area contributed by atoms with Gasteiger partial charge in [-0.15, -0.1) is 0 Å². The van der Waals surface area contributed by atoms with E-state index >= 15 is 0 Å². The molecule has 0 amide bonds. The average Bonchev–Trinajstić information content (AvgIpc) is 2.67. The molecule has 1 saturated carbocycles. The molecular weight excluding hydrogens is 168 g/mol. The highest BCUT2D eigenvalue weighted by atomic mass is 32.2. The lowest BCUT2D eigenvalue weighted by molar-refractivity contribution is 0.282. The summed E-state index contributed by atoms with van der Waals surface area (Å²) in [6, 6.07) is 0. The maximum Gasteiger partial charge on any atom is 0.267 e. The van der Waals surface area contributed by atoms with Gasteiger partial charge in [0, 0.05) is 6.61 Å². The van der Waals surface area contributed by atoms with E-state index in [1.807, 2.05) is 0 Å². The molecule has 1 aliphatic carbocycles. The zero-order chi connectivity index (χ0) is 8.32. The molecule has 0 heterocycles. The van der Waals surface area contributed by atoms with Crippen LogP contribution in [0.15, 0.2) is 0 Å². The van der Waals surface area contributed by atoms with Crippen LogP contribution in [-0.2, 0) is 14.3 Å². The molecule has 1 fully saturated rings. The fourth-order valence-corrected chi connectivity index (χ4v) is 1.85. The molecule has 0 spiro atoms. The Hall–Kier alpha value is -0.130. The van der Waals surface area contributed by atoms with Crippen LogP contribution in [0.4, 0.5) is 0 Å². The normalized spacial score (nSPS) is 18.6. The fraction of sp³-hybridized carbons (Fsp3) is 1.00. The van der Waals surface area contributed by atoms with Gasteiger partial charge < -0.3 is 5.11 Å². The van der Waals surface area contributed by atoms with Gasteiger partial charge in [0.15, 0.2) is 0 Å². The Kier molecular flexibility index (Phi) is 2.86. The average molecular weight is 180 g/mol. The maximum absolute atomic E-state index is 10.9. The van der Waals surface area contributed by atoms with Gasteiger partial charge in [-0.1, -0.05) is 0 Å². The molecule has 0 unspecified atom stereocenters. The van der Waals surface area contributed by atoms with Gasteiger partial charge in [0.25, 0.3) is 10.1 Å². The standard InChI is InChI=1S/C6H12O4S/c7-4-1-5-11(8,9)10-6-2-3-6/h6-7H,1-5H2. The van der Waals surface area contributed by atoms with Gasteiger partial charge in [-0.3, -0.25) is 4.18 Å². The van der Waals surface area contributed by atoms with Gasteiger partial charge in [0.1, 0.15) is 0 Å². The summed E-state index contributed by atoms with van der Waals surface area (Å²) in [6.07, 6.45) is 1.88. The Labute approximate surface area is 66.3 Å². The van der Waals surface area contributed by atoms with E-state index in [0.717, 1.165) is 12.8 Å². The smallest absolute Gasteiger partial charge is 0.267 e. The largest absolute Gasteiger partial charge is 0.396 e. The van der Waals surface area contributed by atoms with E-state index in [1.165, 1.54) is 0 Å². The van der Waals surface area contributed by atoms with Crippen molar-refractivity contribution in [1.29, 1.82) is 0 Å². The van der Waals surface area contributed by atoms with E-state index < -0.39 is 10.1 Å². The Morgan fingerprint density at radius 1 is 1.45 bits per heavy atom. The van der Waals surface area contributed by atoms with Crippen LogP contribution in [0, 0.1) is 0 Å². The van der Waals surface area contributed by atoms with E-state index in [2.05, 4.69) is 0 Å². The highest BCUT2D eigenvalue weighted by molar-refractivity contribution is 7.86. The van der Waals surface area contributed by atoms with Crippen molar-refractivity contribution < 1.29 is 17.7 Å². The fourth-order valence-electron chi connectivity index (χ4n) is 0.661. The molecule has 0 radical (unpaired) electrons. The van der Waals surface area contributed by atoms with Crippen LogP contribution < -0.4 is 0 Å². The Bertz CT molecular complexity index is 205. The molecule has 5 heteroatoms. The molecule has 1 aliphatic rings. The van der Waals surface area contributed by atoms with Crippen LogP contribution in [0.1, 0.15) is 19.3 Å². The predicted molar refractivity (Wildman–Crippen MR) is 39.6 cm³/mol. The molecule has 0 atom stereocenters. The minimum absolute atomic E-state index is 0.0694. The van der Waals surface area contributed by atoms with E-state index in [1.54, 1.807) is 0 Å². The van der Waals surface area contributed by atoms with Gasteiger partial charge in [0.05, 0.1) is 11.9 Å². The van der Waals surface area contributed by atoms with E-state index in [9.17, 15) is 8.42 Å². The molecule has 0 aromatic heterocycles. The SMILES string of the molecule is O=S(=O)(CCCO)OC1CC1. The molecule has 4 nitrogen and oxygen atoms in total. The Morgan fingerprint density at radius 3 is 2.55 bits per heavy atom. The second-order valence-electron chi connectivity index (χ2n) is 2.63. The summed E-state index contributed by atoms with van der Waals surface area (Å²) in [6.45, 7) is -0.104. The van der Waals surface area contributed by atoms with Crippen molar-refractivity contribution in [1.82, 2.24) is 0 Å². The summed E-state index contributed by atoms with van der Waals surface area (Å²) < 4.78 is 26.5. The van der Waals surface area contributed by atoms with Crippen LogP contribution in [0.5, 0.6) is 0 Å². The first-order chi connectivity index (χ1) is 5.14. The van der Waals surface area contributed by atoms with Crippen molar-refractivity contribution in [2.75, 3.05) is 12.4 Å². The summed E-state index contributed by atoms with van der Waals surface area (Å²) >= 11 is 0. The molecule has 11 heavy (non-hydrogen) atoms. The van der Waals surface area contributed by atoms with Gasteiger partial charge in [-0.25, -0.2) is 0 Å². The van der Waals surface area contributed by atoms with Crippen molar-refractivity contribution in [2.24, 2.45) is 0 Å². The maximum atomic E-state index is 10.9. The number of aliphatic hydroxyl groups excluding tert-OH is 1. The third-order valence-corrected chi connectivity index (χ3v) is 2.71. The lowest BCUT2D eigenvalue weighted by Gasteiger charge is -2.01. The lowest BCUT2D eigenvalue weighted by atomic mass is 10.5. The zero-order valence-corrected chi connectivity index (χ0v) is 7.01. The minimum Gasteiger partial charge on any atom is -0.396 e. The van der Waals surface area contributed by atoms with E-state index in [-0.39, 0.29) is 24.9 Å². The molecule has 66 valence electrons. The summed E-state index contributed by atoms with van der Waals surface area (Å²) in [5.41, 5.74) is 0. The second kappa shape index (κ2) is 3.51. The first-order valence-electron chi connectivity index (χ1n) is 3.66. The quantitative estimate of drug-likeness (QED) is 0.599. The van der Waals surface area contributed by atoms with Crippen molar-refractivity contribution in [3.8, 4) is 0 Å². The van der Waals surface area contributed by atoms with Crippen LogP contribution in [0.3, 0.4) is 0 Å². The van der Waals surface area contributed by atoms with Gasteiger partial charge in [-0.2, -0.15) is 8.42 Å². The zero-order valence-electron chi connectivity index (χ0n) is 6.19. The monoisotopic (exact) mass is 180 g/mol. The predicted octanol–water partition coefficient (Wildman–Crippen LogP) is -0.122. The third-order valence-electron chi connectivity index (χ3n) is 1.36. The topological polar surface area (TPSA) is 63.6 Å². The van der Waals surface area contributed by atoms with Crippen molar-refractivity contribution in [2.45, 2.75) is 25.4 Å². The number of hydrogen-bond donors (Lipinski definition) is 1. The summed E-state index contributed by atoms with van der Waals surface area (Å²) in [5, 5.41) is 8.36. The highest BCUT2D eigenvalue weighted by Crippen LogP contribution is 2.25. The second-order valence-corrected chi connectivity index (χ2v) is 4.35. The Balaban J connectivity index is 2.26. The van der Waals surface area contributed by atoms with Crippen molar-refractivity contribution in [3.63, 3.8) is 0 Å². The molecule has 1 N–H and O–H groups in total. The van der Waals surface area contributed by atoms with E-state index in [4.69, 9.17) is 9.29 Å². The van der Waals surface area contributed by atoms with Crippen molar-refractivity contribution >= 4 is 10.1 Å². The third kappa shape index (κ3) is 3.69. The molecule has 0 saturated heterocycles. The van der Waals surface area contributed by atoms with Gasteiger partial charge in [-0.05, 0) is 19.3 Å². The molecule has 0 aromatic carbocycles. The highest BCUT2D eigenvalue weighted by Gasteiger charge is 2.28. The minimum atomic E-state index is -3.34. The molecule has 0 aromatic rings. The van der Waals surface area contributed by atoms with Crippen LogP contribution >= 0.6 is 0 Å². The first-order valence-corrected chi connectivity index (χ1v) is 5.23. The molecule has 0 bridgehead atoms. The van der Waals surface area contributed by atoms with E-state index in [0.29, 0.717) is 0 Å². The van der Waals surface area contributed by atoms with Crippen molar-refractivity contribution in [3.05, 3.63) is 0 Å². The van der Waals surface area contributed by atoms with Crippen LogP contribution in [0.2, 0.25) is 0 Å². The molecular formula is C6H12O4S. The van der Waals surface area contributed by atoms with Gasteiger partial charge >= 0.3 is 0 Å². The molecule has 0 aliphatic heterocycles. The Morgan fingerprint density at radius 2 is 2.09 bits per heavy atom. The van der Waals surface area contributed by atoms with Crippen LogP contribution in [0.25, 0.3) is 0 Å². The van der Waals surface area contributed by atoms with Crippen LogP contribution in [-0.4, -0.2) is 32.0 Å². The first kappa shape index (κ1) is 8.96. The summed E-state index contributed by atoms with van der Waals surface area (Å²) in [4.78, 5) is 0. The number of rotatable bonds is 5. The number of aliphatic hydroxyl groups is 1. The number of hydrogen-bond acceptors (Lipinski definition) is 4. The summed E-state index contributed by atoms with van der Waals surface area (Å²) in [7, 11) is -3.34. The summed E-state index contributed by atoms with van der Waals surface area (Å²) in [5.74, 6) is -0.0694. The molecule has 1 rings (SSSR count). The van der Waals surface area contributed by atoms with Gasteiger partial charge in [0.2, 0.25) is 0 Å². The lowest BCUT2D eigenvalue weighted by Crippen LogP contribution is -2.12.